The van der Waals surface area contributed by atoms with Gasteiger partial charge in [0.2, 0.25) is 23.5 Å². The van der Waals surface area contributed by atoms with Gasteiger partial charge >= 0.3 is 19.8 Å². The van der Waals surface area contributed by atoms with Crippen molar-refractivity contribution in [2.45, 2.75) is 237 Å². The molecule has 7 aliphatic rings. The van der Waals surface area contributed by atoms with Crippen LogP contribution in [0.4, 0.5) is 5.69 Å². The minimum absolute atomic E-state index is 0.00972. The van der Waals surface area contributed by atoms with Crippen LogP contribution in [0.25, 0.3) is 0 Å². The van der Waals surface area contributed by atoms with Gasteiger partial charge in [-0.25, -0.2) is 9.36 Å². The second-order valence-electron chi connectivity index (χ2n) is 33.0. The van der Waals surface area contributed by atoms with Gasteiger partial charge in [0, 0.05) is 101 Å². The number of carbonyl (C=O) groups excluding carboxylic acids is 9. The highest BCUT2D eigenvalue weighted by Gasteiger charge is 2.57. The number of aliphatic hydroxyl groups is 2. The molecule has 6 aliphatic heterocycles. The van der Waals surface area contributed by atoms with E-state index in [1.165, 1.54) is 12.0 Å². The van der Waals surface area contributed by atoms with Crippen LogP contribution in [0.1, 0.15) is 199 Å². The smallest absolute Gasteiger partial charge is 0.460 e. The average molecular weight is 1700 g/mol. The summed E-state index contributed by atoms with van der Waals surface area (Å²) in [7, 11) is -1.65. The Labute approximate surface area is 705 Å². The number of methoxy groups -OCH3 is 2. The summed E-state index contributed by atoms with van der Waals surface area (Å²) in [5.41, 5.74) is 4.90. The van der Waals surface area contributed by atoms with Gasteiger partial charge < -0.3 is 83.1 Å². The third-order valence-electron chi connectivity index (χ3n) is 24.1. The zero-order chi connectivity index (χ0) is 86.5. The van der Waals surface area contributed by atoms with Crippen molar-refractivity contribution in [2.75, 3.05) is 105 Å². The molecule has 664 valence electrons. The van der Waals surface area contributed by atoms with Crippen molar-refractivity contribution < 1.29 is 115 Å². The molecule has 4 bridgehead atoms. The molecule has 0 spiro atoms. The number of hydrogen-bond donors (Lipinski definition) is 6. The van der Waals surface area contributed by atoms with Gasteiger partial charge in [0.05, 0.1) is 84.6 Å². The standard InChI is InChI=1S/C88H128N7O24P/c1-57-21-10-9-11-22-58(2)51-60(4)82(101)84(111-8)83(102)61(5)52-59(3)71(96)55-73-69(67-26-18-40-93(81(67)87(105)118-73)86(104)85(103)88(106)62(6)32-35-65(119-88)34-31-57)53-63-33-36-72(74(54-63)110-7)117-78(100)37-43-112-45-47-114-49-50-115-48-46-113-44-39-90-75(97)28-16-17-30-77(99)94-56-64-23-12-13-24-66(64)79-80(68-25-14-15-27-70(68)94)95(92-91-79)41-19-29-76(98)89-38-20-42-116-120(107,108)109/h9-15,21-25,27,52,58-60,62-63,65,67,69,72-74,79-81,83-84,102,106H,16-20,26,28-51,53-56H2,1-8H3,(H,89,98)(H,90,97)(H2,107,108,109)/b10-9+,22-11+,57-21+,61-52+/t58-,59-,60-,62-,63+,65-,67?,69+,72-,73+,74-,79?,80?,81+,83-,84+,88-/m1/s1. The molecule has 2 aromatic rings. The predicted octanol–water partition coefficient (Wildman–Crippen LogP) is 9.87. The molecule has 4 amide bonds. The fourth-order valence-corrected chi connectivity index (χ4v) is 17.9. The predicted molar refractivity (Wildman–Crippen MR) is 441 cm³/mol. The van der Waals surface area contributed by atoms with Crippen molar-refractivity contribution in [3.8, 4) is 0 Å². The van der Waals surface area contributed by atoms with Gasteiger partial charge in [-0.3, -0.25) is 47.9 Å². The van der Waals surface area contributed by atoms with E-state index in [9.17, 15) is 57.9 Å². The van der Waals surface area contributed by atoms with Crippen LogP contribution < -0.4 is 15.5 Å². The number of piperidine rings is 1. The van der Waals surface area contributed by atoms with Crippen molar-refractivity contribution in [2.24, 2.45) is 51.8 Å². The van der Waals surface area contributed by atoms with Gasteiger partial charge in [0.25, 0.3) is 11.7 Å². The number of hydrogen-bond acceptors (Lipinski definition) is 25. The summed E-state index contributed by atoms with van der Waals surface area (Å²) in [5, 5.41) is 40.5. The van der Waals surface area contributed by atoms with Crippen molar-refractivity contribution in [3.63, 3.8) is 0 Å². The maximum atomic E-state index is 14.7. The number of Topliss-reactive ketones (excluding diaryl/α,β-unsaturated/α-hetero) is 3. The summed E-state index contributed by atoms with van der Waals surface area (Å²) in [6.07, 6.45) is 13.7. The topological polar surface area (TPSA) is 402 Å². The number of nitrogens with zero attached hydrogens (tertiary/aromatic N) is 5. The Bertz CT molecular complexity index is 3960. The number of esters is 2. The molecule has 0 radical (unpaired) electrons. The van der Waals surface area contributed by atoms with E-state index in [-0.39, 0.29) is 138 Å². The number of aliphatic hydroxyl groups excluding tert-OH is 1. The van der Waals surface area contributed by atoms with E-state index in [0.717, 1.165) is 28.0 Å². The summed E-state index contributed by atoms with van der Waals surface area (Å²) in [6.45, 7) is 14.0. The first-order chi connectivity index (χ1) is 57.6. The number of ether oxygens (including phenoxy) is 9. The molecule has 120 heavy (non-hydrogen) atoms. The number of anilines is 1. The molecule has 0 aromatic heterocycles. The normalized spacial score (nSPS) is 30.0. The Morgan fingerprint density at radius 1 is 0.708 bits per heavy atom. The SMILES string of the molecule is CO[C@@H]1C[C@H](C[C@H]2C3CCCN4C(=O)C(=O)[C@]5(O)O[C@H](CC/C(C)=C/C=C/C=C/[C@@H](C)C[C@@H](C)C(=O)[C@H](OC)[C@H](O)/C(C)=C/[C@@H](C)C(=O)C[C@@H]2OC(=O)[C@H]34)CC[C@H]5C)CC[C@H]1OC(=O)CCOCCOCCOCCOCCNC(=O)CCCCC(=O)N1Cc2ccccc2C2N=NN(CCCC(=O)NCCCOP(=O)(O)O)C2c2ccccc21. The maximum absolute atomic E-state index is 14.7. The van der Waals surface area contributed by atoms with E-state index >= 15 is 0 Å². The quantitative estimate of drug-likeness (QED) is 0.0125. The zero-order valence-corrected chi connectivity index (χ0v) is 71.9. The maximum Gasteiger partial charge on any atom is 0.469 e. The molecule has 4 fully saturated rings. The number of rotatable bonds is 34. The van der Waals surface area contributed by atoms with E-state index in [0.29, 0.717) is 142 Å². The highest BCUT2D eigenvalue weighted by atomic mass is 31.2. The lowest BCUT2D eigenvalue weighted by molar-refractivity contribution is -0.263. The largest absolute Gasteiger partial charge is 0.469 e. The number of phosphoric acid groups is 1. The van der Waals surface area contributed by atoms with Gasteiger partial charge in [0.15, 0.2) is 5.78 Å². The first-order valence-corrected chi connectivity index (χ1v) is 44.5. The number of carbonyl (C=O) groups is 9. The molecular formula is C88H128N7O24P. The Hall–Kier alpha value is -7.62. The lowest BCUT2D eigenvalue weighted by atomic mass is 9.68. The molecule has 9 rings (SSSR count). The molecule has 2 aromatic carbocycles. The van der Waals surface area contributed by atoms with Crippen molar-refractivity contribution in [3.05, 3.63) is 113 Å². The Kier molecular flexibility index (Phi) is 38.4. The second-order valence-corrected chi connectivity index (χ2v) is 34.3. The number of benzene rings is 2. The van der Waals surface area contributed by atoms with Gasteiger partial charge in [-0.15, -0.1) is 0 Å². The third kappa shape index (κ3) is 27.9. The minimum Gasteiger partial charge on any atom is -0.460 e. The molecule has 32 heteroatoms. The van der Waals surface area contributed by atoms with Crippen molar-refractivity contribution >= 4 is 66.4 Å². The highest BCUT2D eigenvalue weighted by molar-refractivity contribution is 7.46. The Balaban J connectivity index is 0.667. The van der Waals surface area contributed by atoms with Crippen LogP contribution >= 0.6 is 7.82 Å². The van der Waals surface area contributed by atoms with Crippen LogP contribution in [0.5, 0.6) is 0 Å². The van der Waals surface area contributed by atoms with E-state index in [4.69, 9.17) is 57.5 Å². The first-order valence-electron chi connectivity index (χ1n) is 42.9. The fourth-order valence-electron chi connectivity index (χ4n) is 17.5. The van der Waals surface area contributed by atoms with Crippen LogP contribution in [0.3, 0.4) is 0 Å². The lowest BCUT2D eigenvalue weighted by Gasteiger charge is -2.50. The number of phosphoric ester groups is 1. The van der Waals surface area contributed by atoms with Crippen molar-refractivity contribution in [1.82, 2.24) is 20.5 Å². The first kappa shape index (κ1) is 96.2. The number of unbranched alkanes of at least 4 members (excludes halogenated alkanes) is 1. The molecule has 1 saturated carbocycles. The number of para-hydroxylation sites is 1. The highest BCUT2D eigenvalue weighted by Crippen LogP contribution is 2.50. The second kappa shape index (κ2) is 47.9. The molecular weight excluding hydrogens is 1570 g/mol. The van der Waals surface area contributed by atoms with Crippen LogP contribution in [0.2, 0.25) is 0 Å². The number of nitrogens with one attached hydrogen (secondary N) is 2. The molecule has 1 aliphatic carbocycles. The van der Waals surface area contributed by atoms with E-state index in [1.807, 2.05) is 105 Å². The van der Waals surface area contributed by atoms with E-state index in [1.54, 1.807) is 38.9 Å². The van der Waals surface area contributed by atoms with E-state index in [2.05, 4.69) is 20.4 Å². The summed E-state index contributed by atoms with van der Waals surface area (Å²) in [6, 6.07) is 13.7. The van der Waals surface area contributed by atoms with Crippen LogP contribution in [-0.2, 0) is 101 Å². The lowest BCUT2D eigenvalue weighted by Crippen LogP contribution is -2.65. The number of fused-ring (bicyclic) bond motifs is 9. The van der Waals surface area contributed by atoms with Crippen LogP contribution in [0.15, 0.2) is 106 Å². The van der Waals surface area contributed by atoms with Gasteiger partial charge in [-0.05, 0) is 151 Å². The van der Waals surface area contributed by atoms with Gasteiger partial charge in [-0.2, -0.15) is 5.11 Å². The Morgan fingerprint density at radius 3 is 2.12 bits per heavy atom. The molecule has 3 saturated heterocycles. The monoisotopic (exact) mass is 1700 g/mol. The number of ketones is 3. The molecule has 6 heterocycles. The minimum atomic E-state index is -4.58. The average Bonchev–Trinajstić information content (AvgIpc) is 1.53. The molecule has 6 N–H and O–H groups in total. The van der Waals surface area contributed by atoms with Crippen LogP contribution in [-0.4, -0.2) is 231 Å². The summed E-state index contributed by atoms with van der Waals surface area (Å²) in [4.78, 5) is 146. The number of allylic oxidation sites excluding steroid dienone is 7. The van der Waals surface area contributed by atoms with Crippen molar-refractivity contribution in [1.29, 1.82) is 0 Å². The summed E-state index contributed by atoms with van der Waals surface area (Å²) >= 11 is 0. The molecule has 31 nitrogen and oxygen atoms in total. The zero-order valence-electron chi connectivity index (χ0n) is 71.0. The van der Waals surface area contributed by atoms with Gasteiger partial charge in [-0.1, -0.05) is 117 Å². The third-order valence-corrected chi connectivity index (χ3v) is 24.6. The number of amides is 4. The fraction of sp³-hybridized carbons (Fsp3) is 0.670. The Morgan fingerprint density at radius 2 is 1.39 bits per heavy atom. The van der Waals surface area contributed by atoms with Crippen LogP contribution in [0, 0.1) is 41.4 Å². The van der Waals surface area contributed by atoms with Gasteiger partial charge in [0.1, 0.15) is 48.3 Å². The van der Waals surface area contributed by atoms with E-state index < -0.39 is 109 Å². The molecule has 3 unspecified atom stereocenters. The summed E-state index contributed by atoms with van der Waals surface area (Å²) < 4.78 is 68.2. The molecule has 17 atom stereocenters. The summed E-state index contributed by atoms with van der Waals surface area (Å²) in [5.74, 6) is -9.93.